The molecule has 0 saturated heterocycles. The third-order valence-electron chi connectivity index (χ3n) is 2.91. The summed E-state index contributed by atoms with van der Waals surface area (Å²) in [6, 6.07) is 5.96. The average molecular weight is 187 g/mol. The molecule has 14 heavy (non-hydrogen) atoms. The standard InChI is InChI=1S/C11H13N3/c12-8-4-3-5-9-11(8)14-7-2-1-6-10(14)13-9/h3-5H,1-2,6-7,12H2. The molecule has 1 aromatic carbocycles. The summed E-state index contributed by atoms with van der Waals surface area (Å²) >= 11 is 0. The lowest BCUT2D eigenvalue weighted by molar-refractivity contribution is 0.533. The number of para-hydroxylation sites is 1. The smallest absolute Gasteiger partial charge is 0.109 e. The number of rotatable bonds is 0. The van der Waals surface area contributed by atoms with Gasteiger partial charge in [-0.3, -0.25) is 0 Å². The van der Waals surface area contributed by atoms with Crippen LogP contribution in [0.2, 0.25) is 0 Å². The van der Waals surface area contributed by atoms with Crippen molar-refractivity contribution in [2.75, 3.05) is 5.73 Å². The van der Waals surface area contributed by atoms with E-state index in [0.717, 1.165) is 29.7 Å². The second-order valence-electron chi connectivity index (χ2n) is 3.85. The highest BCUT2D eigenvalue weighted by Crippen LogP contribution is 2.26. The third kappa shape index (κ3) is 0.953. The van der Waals surface area contributed by atoms with Crippen molar-refractivity contribution in [3.05, 3.63) is 24.0 Å². The maximum Gasteiger partial charge on any atom is 0.109 e. The Labute approximate surface area is 82.5 Å². The molecule has 2 heterocycles. The predicted octanol–water partition coefficient (Wildman–Crippen LogP) is 1.95. The lowest BCUT2D eigenvalue weighted by Crippen LogP contribution is -2.10. The summed E-state index contributed by atoms with van der Waals surface area (Å²) in [5.74, 6) is 1.20. The molecule has 72 valence electrons. The van der Waals surface area contributed by atoms with Crippen LogP contribution in [-0.2, 0) is 13.0 Å². The third-order valence-corrected chi connectivity index (χ3v) is 2.91. The SMILES string of the molecule is Nc1cccc2nc3n(c12)CCCC3. The predicted molar refractivity (Wildman–Crippen MR) is 57.1 cm³/mol. The minimum absolute atomic E-state index is 0.850. The van der Waals surface area contributed by atoms with Crippen molar-refractivity contribution in [3.63, 3.8) is 0 Å². The Hall–Kier alpha value is -1.51. The van der Waals surface area contributed by atoms with E-state index in [-0.39, 0.29) is 0 Å². The van der Waals surface area contributed by atoms with Crippen molar-refractivity contribution in [2.45, 2.75) is 25.8 Å². The van der Waals surface area contributed by atoms with Gasteiger partial charge in [0.05, 0.1) is 16.7 Å². The van der Waals surface area contributed by atoms with Crippen LogP contribution in [-0.4, -0.2) is 9.55 Å². The molecule has 0 bridgehead atoms. The highest BCUT2D eigenvalue weighted by Gasteiger charge is 2.15. The van der Waals surface area contributed by atoms with Crippen LogP contribution in [0.3, 0.4) is 0 Å². The Morgan fingerprint density at radius 1 is 1.29 bits per heavy atom. The van der Waals surface area contributed by atoms with Gasteiger partial charge in [-0.2, -0.15) is 0 Å². The van der Waals surface area contributed by atoms with Crippen LogP contribution in [0.1, 0.15) is 18.7 Å². The largest absolute Gasteiger partial charge is 0.397 e. The molecule has 0 fully saturated rings. The zero-order chi connectivity index (χ0) is 9.54. The minimum atomic E-state index is 0.850. The summed E-state index contributed by atoms with van der Waals surface area (Å²) in [7, 11) is 0. The molecular weight excluding hydrogens is 174 g/mol. The number of nitrogen functional groups attached to an aromatic ring is 1. The number of hydrogen-bond donors (Lipinski definition) is 1. The van der Waals surface area contributed by atoms with E-state index >= 15 is 0 Å². The van der Waals surface area contributed by atoms with Gasteiger partial charge in [0.15, 0.2) is 0 Å². The van der Waals surface area contributed by atoms with Gasteiger partial charge < -0.3 is 10.3 Å². The van der Waals surface area contributed by atoms with E-state index in [2.05, 4.69) is 9.55 Å². The van der Waals surface area contributed by atoms with Crippen LogP contribution in [0.25, 0.3) is 11.0 Å². The Morgan fingerprint density at radius 2 is 2.21 bits per heavy atom. The summed E-state index contributed by atoms with van der Waals surface area (Å²) in [4.78, 5) is 4.60. The summed E-state index contributed by atoms with van der Waals surface area (Å²) in [6.07, 6.45) is 3.59. The molecule has 0 saturated carbocycles. The van der Waals surface area contributed by atoms with Crippen LogP contribution in [0, 0.1) is 0 Å². The number of aryl methyl sites for hydroxylation is 2. The molecular formula is C11H13N3. The monoisotopic (exact) mass is 187 g/mol. The van der Waals surface area contributed by atoms with Crippen molar-refractivity contribution in [2.24, 2.45) is 0 Å². The fourth-order valence-electron chi connectivity index (χ4n) is 2.25. The van der Waals surface area contributed by atoms with Crippen LogP contribution in [0.4, 0.5) is 5.69 Å². The van der Waals surface area contributed by atoms with E-state index in [9.17, 15) is 0 Å². The van der Waals surface area contributed by atoms with Crippen molar-refractivity contribution in [3.8, 4) is 0 Å². The molecule has 1 aliphatic heterocycles. The number of fused-ring (bicyclic) bond motifs is 3. The quantitative estimate of drug-likeness (QED) is 0.641. The number of nitrogens with zero attached hydrogens (tertiary/aromatic N) is 2. The van der Waals surface area contributed by atoms with Crippen LogP contribution in [0.5, 0.6) is 0 Å². The molecule has 1 aromatic heterocycles. The summed E-state index contributed by atoms with van der Waals surface area (Å²) in [5, 5.41) is 0. The molecule has 0 aliphatic carbocycles. The van der Waals surface area contributed by atoms with Crippen LogP contribution < -0.4 is 5.73 Å². The van der Waals surface area contributed by atoms with Crippen LogP contribution in [0.15, 0.2) is 18.2 Å². The molecule has 0 unspecified atom stereocenters. The van der Waals surface area contributed by atoms with Gasteiger partial charge in [-0.25, -0.2) is 4.98 Å². The number of nitrogens with two attached hydrogens (primary N) is 1. The molecule has 3 nitrogen and oxygen atoms in total. The molecule has 3 rings (SSSR count). The number of benzene rings is 1. The van der Waals surface area contributed by atoms with E-state index in [4.69, 9.17) is 5.73 Å². The van der Waals surface area contributed by atoms with E-state index in [1.165, 1.54) is 18.7 Å². The van der Waals surface area contributed by atoms with Gasteiger partial charge in [-0.1, -0.05) is 6.07 Å². The molecule has 2 N–H and O–H groups in total. The first-order valence-corrected chi connectivity index (χ1v) is 5.10. The Kier molecular flexibility index (Phi) is 1.54. The number of imidazole rings is 1. The Balaban J connectivity index is 2.38. The van der Waals surface area contributed by atoms with Gasteiger partial charge in [-0.05, 0) is 25.0 Å². The van der Waals surface area contributed by atoms with E-state index in [1.54, 1.807) is 0 Å². The number of aromatic nitrogens is 2. The van der Waals surface area contributed by atoms with Gasteiger partial charge in [0, 0.05) is 13.0 Å². The van der Waals surface area contributed by atoms with E-state index in [1.807, 2.05) is 18.2 Å². The molecule has 1 aliphatic rings. The second-order valence-corrected chi connectivity index (χ2v) is 3.85. The highest BCUT2D eigenvalue weighted by atomic mass is 15.1. The molecule has 0 radical (unpaired) electrons. The summed E-state index contributed by atoms with van der Waals surface area (Å²) in [6.45, 7) is 1.07. The first-order chi connectivity index (χ1) is 6.86. The maximum absolute atomic E-state index is 5.96. The van der Waals surface area contributed by atoms with E-state index in [0.29, 0.717) is 0 Å². The zero-order valence-corrected chi connectivity index (χ0v) is 8.03. The molecule has 0 amide bonds. The van der Waals surface area contributed by atoms with Gasteiger partial charge in [-0.15, -0.1) is 0 Å². The second kappa shape index (κ2) is 2.74. The summed E-state index contributed by atoms with van der Waals surface area (Å²) in [5.41, 5.74) is 8.98. The normalized spacial score (nSPS) is 15.7. The molecule has 0 atom stereocenters. The van der Waals surface area contributed by atoms with Gasteiger partial charge >= 0.3 is 0 Å². The van der Waals surface area contributed by atoms with Gasteiger partial charge in [0.2, 0.25) is 0 Å². The highest BCUT2D eigenvalue weighted by molar-refractivity contribution is 5.87. The first kappa shape index (κ1) is 7.85. The zero-order valence-electron chi connectivity index (χ0n) is 8.03. The molecule has 2 aromatic rings. The number of anilines is 1. The Bertz CT molecular complexity index is 484. The maximum atomic E-state index is 5.96. The minimum Gasteiger partial charge on any atom is -0.397 e. The average Bonchev–Trinajstić information content (AvgIpc) is 2.57. The van der Waals surface area contributed by atoms with Gasteiger partial charge in [0.1, 0.15) is 5.82 Å². The van der Waals surface area contributed by atoms with Crippen molar-refractivity contribution in [1.82, 2.24) is 9.55 Å². The van der Waals surface area contributed by atoms with Crippen molar-refractivity contribution < 1.29 is 0 Å². The van der Waals surface area contributed by atoms with Crippen molar-refractivity contribution >= 4 is 16.7 Å². The summed E-state index contributed by atoms with van der Waals surface area (Å²) < 4.78 is 2.27. The van der Waals surface area contributed by atoms with Crippen molar-refractivity contribution in [1.29, 1.82) is 0 Å². The number of hydrogen-bond acceptors (Lipinski definition) is 2. The lowest BCUT2D eigenvalue weighted by Gasteiger charge is -2.14. The van der Waals surface area contributed by atoms with Crippen LogP contribution >= 0.6 is 0 Å². The van der Waals surface area contributed by atoms with E-state index < -0.39 is 0 Å². The van der Waals surface area contributed by atoms with Gasteiger partial charge in [0.25, 0.3) is 0 Å². The molecule has 3 heteroatoms. The lowest BCUT2D eigenvalue weighted by atomic mass is 10.1. The molecule has 0 spiro atoms. The first-order valence-electron chi connectivity index (χ1n) is 5.10. The fraction of sp³-hybridized carbons (Fsp3) is 0.364. The topological polar surface area (TPSA) is 43.8 Å². The fourth-order valence-corrected chi connectivity index (χ4v) is 2.25. The Morgan fingerprint density at radius 3 is 3.14 bits per heavy atom.